The van der Waals surface area contributed by atoms with Crippen LogP contribution in [0.2, 0.25) is 0 Å². The minimum atomic E-state index is -0.154. The van der Waals surface area contributed by atoms with Crippen LogP contribution in [0.5, 0.6) is 5.75 Å². The highest BCUT2D eigenvalue weighted by atomic mass is 16.5. The molecule has 2 aromatic rings. The number of carbonyl (C=O) groups is 1. The number of rotatable bonds is 9. The quantitative estimate of drug-likeness (QED) is 0.711. The molecule has 0 aliphatic rings. The Morgan fingerprint density at radius 1 is 1.27 bits per heavy atom. The highest BCUT2D eigenvalue weighted by molar-refractivity contribution is 5.77. The maximum atomic E-state index is 11.6. The molecule has 0 unspecified atom stereocenters. The van der Waals surface area contributed by atoms with Crippen molar-refractivity contribution in [3.63, 3.8) is 0 Å². The zero-order chi connectivity index (χ0) is 15.6. The van der Waals surface area contributed by atoms with Crippen molar-refractivity contribution in [2.45, 2.75) is 13.5 Å². The SMILES string of the molecule is Cc1ccccc1OCC(=O)NCCOCCn1cccn1. The third-order valence-electron chi connectivity index (χ3n) is 3.04. The summed E-state index contributed by atoms with van der Waals surface area (Å²) in [6, 6.07) is 9.48. The molecule has 118 valence electrons. The van der Waals surface area contributed by atoms with Gasteiger partial charge in [0.15, 0.2) is 6.61 Å². The van der Waals surface area contributed by atoms with Gasteiger partial charge in [-0.05, 0) is 24.6 Å². The Bertz CT molecular complexity index is 570. The van der Waals surface area contributed by atoms with Crippen molar-refractivity contribution in [1.29, 1.82) is 0 Å². The highest BCUT2D eigenvalue weighted by Crippen LogP contribution is 2.15. The van der Waals surface area contributed by atoms with Crippen molar-refractivity contribution >= 4 is 5.91 Å². The van der Waals surface area contributed by atoms with Crippen LogP contribution >= 0.6 is 0 Å². The molecule has 0 atom stereocenters. The van der Waals surface area contributed by atoms with E-state index >= 15 is 0 Å². The average molecular weight is 303 g/mol. The Kier molecular flexibility index (Phi) is 6.44. The molecule has 0 aliphatic heterocycles. The second kappa shape index (κ2) is 8.84. The topological polar surface area (TPSA) is 65.4 Å². The van der Waals surface area contributed by atoms with Crippen LogP contribution in [0.4, 0.5) is 0 Å². The zero-order valence-electron chi connectivity index (χ0n) is 12.7. The molecule has 0 spiro atoms. The predicted molar refractivity (Wildman–Crippen MR) is 82.7 cm³/mol. The van der Waals surface area contributed by atoms with E-state index < -0.39 is 0 Å². The maximum absolute atomic E-state index is 11.6. The number of hydrogen-bond donors (Lipinski definition) is 1. The Labute approximate surface area is 130 Å². The molecule has 0 aliphatic carbocycles. The average Bonchev–Trinajstić information content (AvgIpc) is 3.03. The number of carbonyl (C=O) groups excluding carboxylic acids is 1. The number of amides is 1. The second-order valence-electron chi connectivity index (χ2n) is 4.79. The molecular formula is C16H21N3O3. The van der Waals surface area contributed by atoms with Crippen LogP contribution in [0, 0.1) is 6.92 Å². The first-order valence-electron chi connectivity index (χ1n) is 7.26. The van der Waals surface area contributed by atoms with E-state index in [0.29, 0.717) is 26.3 Å². The van der Waals surface area contributed by atoms with Crippen LogP contribution < -0.4 is 10.1 Å². The molecule has 1 heterocycles. The molecule has 6 nitrogen and oxygen atoms in total. The summed E-state index contributed by atoms with van der Waals surface area (Å²) in [5.74, 6) is 0.576. The fourth-order valence-electron chi connectivity index (χ4n) is 1.87. The number of benzene rings is 1. The summed E-state index contributed by atoms with van der Waals surface area (Å²) >= 11 is 0. The van der Waals surface area contributed by atoms with E-state index in [1.54, 1.807) is 10.9 Å². The van der Waals surface area contributed by atoms with E-state index in [9.17, 15) is 4.79 Å². The summed E-state index contributed by atoms with van der Waals surface area (Å²) in [5, 5.41) is 6.83. The van der Waals surface area contributed by atoms with Gasteiger partial charge in [-0.2, -0.15) is 5.10 Å². The Hall–Kier alpha value is -2.34. The van der Waals surface area contributed by atoms with Crippen molar-refractivity contribution < 1.29 is 14.3 Å². The van der Waals surface area contributed by atoms with Crippen LogP contribution in [-0.4, -0.2) is 42.1 Å². The molecule has 1 amide bonds. The van der Waals surface area contributed by atoms with E-state index in [0.717, 1.165) is 11.3 Å². The van der Waals surface area contributed by atoms with Gasteiger partial charge in [0.2, 0.25) is 0 Å². The summed E-state index contributed by atoms with van der Waals surface area (Å²) in [7, 11) is 0. The van der Waals surface area contributed by atoms with Crippen molar-refractivity contribution in [3.05, 3.63) is 48.3 Å². The minimum absolute atomic E-state index is 0.0120. The number of para-hydroxylation sites is 1. The zero-order valence-corrected chi connectivity index (χ0v) is 12.7. The van der Waals surface area contributed by atoms with Crippen LogP contribution in [0.15, 0.2) is 42.7 Å². The Balaban J connectivity index is 1.52. The van der Waals surface area contributed by atoms with Crippen LogP contribution in [0.25, 0.3) is 0 Å². The maximum Gasteiger partial charge on any atom is 0.258 e. The molecule has 0 bridgehead atoms. The largest absolute Gasteiger partial charge is 0.484 e. The summed E-state index contributed by atoms with van der Waals surface area (Å²) in [6.07, 6.45) is 3.61. The lowest BCUT2D eigenvalue weighted by molar-refractivity contribution is -0.123. The molecular weight excluding hydrogens is 282 g/mol. The molecule has 2 rings (SSSR count). The summed E-state index contributed by atoms with van der Waals surface area (Å²) in [4.78, 5) is 11.6. The van der Waals surface area contributed by atoms with Gasteiger partial charge in [0.25, 0.3) is 5.91 Å². The van der Waals surface area contributed by atoms with Gasteiger partial charge in [-0.25, -0.2) is 0 Å². The van der Waals surface area contributed by atoms with Gasteiger partial charge in [-0.15, -0.1) is 0 Å². The normalized spacial score (nSPS) is 10.4. The first kappa shape index (κ1) is 16.0. The van der Waals surface area contributed by atoms with Crippen LogP contribution in [-0.2, 0) is 16.1 Å². The van der Waals surface area contributed by atoms with Gasteiger partial charge in [0, 0.05) is 18.9 Å². The van der Waals surface area contributed by atoms with E-state index in [-0.39, 0.29) is 12.5 Å². The predicted octanol–water partition coefficient (Wildman–Crippen LogP) is 1.40. The van der Waals surface area contributed by atoms with Gasteiger partial charge in [-0.1, -0.05) is 18.2 Å². The van der Waals surface area contributed by atoms with Crippen molar-refractivity contribution in [2.24, 2.45) is 0 Å². The van der Waals surface area contributed by atoms with E-state index in [1.165, 1.54) is 0 Å². The molecule has 0 saturated carbocycles. The molecule has 1 aromatic carbocycles. The molecule has 0 fully saturated rings. The monoisotopic (exact) mass is 303 g/mol. The lowest BCUT2D eigenvalue weighted by Crippen LogP contribution is -2.32. The minimum Gasteiger partial charge on any atom is -0.484 e. The Morgan fingerprint density at radius 2 is 2.14 bits per heavy atom. The van der Waals surface area contributed by atoms with Gasteiger partial charge in [0.1, 0.15) is 5.75 Å². The van der Waals surface area contributed by atoms with Crippen molar-refractivity contribution in [2.75, 3.05) is 26.4 Å². The Morgan fingerprint density at radius 3 is 2.91 bits per heavy atom. The van der Waals surface area contributed by atoms with E-state index in [4.69, 9.17) is 9.47 Å². The van der Waals surface area contributed by atoms with Crippen molar-refractivity contribution in [3.8, 4) is 5.75 Å². The summed E-state index contributed by atoms with van der Waals surface area (Å²) in [6.45, 7) is 4.17. The standard InChI is InChI=1S/C16H21N3O3/c1-14-5-2-3-6-15(14)22-13-16(20)17-8-11-21-12-10-19-9-4-7-18-19/h2-7,9H,8,10-13H2,1H3,(H,17,20). The molecule has 22 heavy (non-hydrogen) atoms. The number of aryl methyl sites for hydroxylation is 1. The number of ether oxygens (including phenoxy) is 2. The fourth-order valence-corrected chi connectivity index (χ4v) is 1.87. The van der Waals surface area contributed by atoms with E-state index in [2.05, 4.69) is 10.4 Å². The molecule has 1 N–H and O–H groups in total. The first-order valence-corrected chi connectivity index (χ1v) is 7.26. The number of nitrogens with zero attached hydrogens (tertiary/aromatic N) is 2. The molecule has 1 aromatic heterocycles. The van der Waals surface area contributed by atoms with Gasteiger partial charge in [-0.3, -0.25) is 9.48 Å². The smallest absolute Gasteiger partial charge is 0.258 e. The van der Waals surface area contributed by atoms with Crippen LogP contribution in [0.3, 0.4) is 0 Å². The van der Waals surface area contributed by atoms with Gasteiger partial charge in [0.05, 0.1) is 19.8 Å². The highest BCUT2D eigenvalue weighted by Gasteiger charge is 2.03. The summed E-state index contributed by atoms with van der Waals surface area (Å²) < 4.78 is 12.7. The third-order valence-corrected chi connectivity index (χ3v) is 3.04. The fraction of sp³-hybridized carbons (Fsp3) is 0.375. The summed E-state index contributed by atoms with van der Waals surface area (Å²) in [5.41, 5.74) is 1.01. The number of nitrogens with one attached hydrogen (secondary N) is 1. The molecule has 0 saturated heterocycles. The second-order valence-corrected chi connectivity index (χ2v) is 4.79. The van der Waals surface area contributed by atoms with E-state index in [1.807, 2.05) is 43.5 Å². The lowest BCUT2D eigenvalue weighted by Gasteiger charge is -2.09. The van der Waals surface area contributed by atoms with Gasteiger partial charge < -0.3 is 14.8 Å². The molecule has 0 radical (unpaired) electrons. The molecule has 6 heteroatoms. The third kappa shape index (κ3) is 5.57. The number of aromatic nitrogens is 2. The van der Waals surface area contributed by atoms with Gasteiger partial charge >= 0.3 is 0 Å². The first-order chi connectivity index (χ1) is 10.8. The van der Waals surface area contributed by atoms with Crippen LogP contribution in [0.1, 0.15) is 5.56 Å². The lowest BCUT2D eigenvalue weighted by atomic mass is 10.2. The van der Waals surface area contributed by atoms with Crippen molar-refractivity contribution in [1.82, 2.24) is 15.1 Å². The number of hydrogen-bond acceptors (Lipinski definition) is 4.